The fourth-order valence-electron chi connectivity index (χ4n) is 2.25. The van der Waals surface area contributed by atoms with Crippen molar-refractivity contribution in [1.82, 2.24) is 4.98 Å². The van der Waals surface area contributed by atoms with Crippen molar-refractivity contribution in [2.45, 2.75) is 38.3 Å². The average Bonchev–Trinajstić information content (AvgIpc) is 2.66. The first-order valence-electron chi connectivity index (χ1n) is 8.79. The van der Waals surface area contributed by atoms with Gasteiger partial charge in [-0.15, -0.1) is 0 Å². The van der Waals surface area contributed by atoms with Crippen molar-refractivity contribution in [3.8, 4) is 11.5 Å². The molecule has 0 aliphatic carbocycles. The Morgan fingerprint density at radius 1 is 1.18 bits per heavy atom. The predicted molar refractivity (Wildman–Crippen MR) is 104 cm³/mol. The van der Waals surface area contributed by atoms with Crippen LogP contribution in [0.25, 0.3) is 0 Å². The molecular weight excluding hydrogens is 382 g/mol. The molecule has 1 unspecified atom stereocenters. The van der Waals surface area contributed by atoms with E-state index in [-0.39, 0.29) is 5.03 Å². The lowest BCUT2D eigenvalue weighted by Gasteiger charge is -2.09. The van der Waals surface area contributed by atoms with Crippen molar-refractivity contribution in [1.29, 1.82) is 0 Å². The van der Waals surface area contributed by atoms with Gasteiger partial charge in [-0.2, -0.15) is 10.2 Å². The zero-order chi connectivity index (χ0) is 20.7. The van der Waals surface area contributed by atoms with Gasteiger partial charge < -0.3 is 9.47 Å². The quantitative estimate of drug-likeness (QED) is 0.487. The average molecular weight is 405 g/mol. The van der Waals surface area contributed by atoms with Crippen LogP contribution in [0.15, 0.2) is 51.8 Å². The first kappa shape index (κ1) is 21.5. The molecule has 1 aromatic heterocycles. The number of aromatic nitrogens is 1. The van der Waals surface area contributed by atoms with Crippen LogP contribution >= 0.6 is 0 Å². The summed E-state index contributed by atoms with van der Waals surface area (Å²) in [6.45, 7) is 5.62. The Morgan fingerprint density at radius 2 is 1.89 bits per heavy atom. The van der Waals surface area contributed by atoms with E-state index in [1.165, 1.54) is 12.3 Å². The number of aryl methyl sites for hydroxylation is 1. The topological polar surface area (TPSA) is 107 Å². The van der Waals surface area contributed by atoms with E-state index in [0.717, 1.165) is 11.8 Å². The Morgan fingerprint density at radius 3 is 2.46 bits per heavy atom. The number of hydrogen-bond acceptors (Lipinski definition) is 8. The molecule has 1 aromatic carbocycles. The van der Waals surface area contributed by atoms with Crippen LogP contribution in [0.2, 0.25) is 0 Å². The lowest BCUT2D eigenvalue weighted by molar-refractivity contribution is -0.144. The van der Waals surface area contributed by atoms with Crippen molar-refractivity contribution in [3.63, 3.8) is 0 Å². The second-order valence-corrected chi connectivity index (χ2v) is 7.96. The largest absolute Gasteiger partial charge is 0.464 e. The molecule has 0 aliphatic rings. The zero-order valence-electron chi connectivity index (χ0n) is 16.2. The fourth-order valence-corrected chi connectivity index (χ4v) is 2.81. The van der Waals surface area contributed by atoms with E-state index in [9.17, 15) is 13.2 Å². The Labute approximate surface area is 164 Å². The third-order valence-electron chi connectivity index (χ3n) is 3.72. The van der Waals surface area contributed by atoms with Crippen molar-refractivity contribution in [2.24, 2.45) is 10.2 Å². The number of carbonyl (C=O) groups is 1. The number of sulfone groups is 1. The van der Waals surface area contributed by atoms with Crippen molar-refractivity contribution in [2.75, 3.05) is 12.9 Å². The van der Waals surface area contributed by atoms with Crippen LogP contribution in [0, 0.1) is 0 Å². The van der Waals surface area contributed by atoms with Gasteiger partial charge in [-0.25, -0.2) is 18.2 Å². The molecule has 0 saturated carbocycles. The minimum Gasteiger partial charge on any atom is -0.464 e. The lowest BCUT2D eigenvalue weighted by atomic mass is 10.1. The van der Waals surface area contributed by atoms with Crippen LogP contribution in [0.1, 0.15) is 26.3 Å². The number of esters is 1. The molecule has 0 aliphatic heterocycles. The Hall–Kier alpha value is -2.81. The van der Waals surface area contributed by atoms with Gasteiger partial charge in [0.05, 0.1) is 18.5 Å². The van der Waals surface area contributed by atoms with E-state index >= 15 is 0 Å². The molecule has 1 atom stereocenters. The summed E-state index contributed by atoms with van der Waals surface area (Å²) >= 11 is 0. The number of pyridine rings is 1. The second-order valence-electron chi connectivity index (χ2n) is 5.99. The van der Waals surface area contributed by atoms with Gasteiger partial charge in [0.1, 0.15) is 11.5 Å². The zero-order valence-corrected chi connectivity index (χ0v) is 17.1. The van der Waals surface area contributed by atoms with Crippen molar-refractivity contribution >= 4 is 21.5 Å². The molecule has 2 aromatic rings. The molecule has 8 nitrogen and oxygen atoms in total. The summed E-state index contributed by atoms with van der Waals surface area (Å²) in [5.74, 6) is 0.553. The number of rotatable bonds is 8. The van der Waals surface area contributed by atoms with Crippen molar-refractivity contribution < 1.29 is 22.7 Å². The summed E-state index contributed by atoms with van der Waals surface area (Å²) in [5.41, 5.74) is 1.52. The number of ether oxygens (including phenoxy) is 2. The number of azo groups is 1. The lowest BCUT2D eigenvalue weighted by Crippen LogP contribution is -2.17. The number of nitrogens with zero attached hydrogens (tertiary/aromatic N) is 3. The van der Waals surface area contributed by atoms with E-state index < -0.39 is 21.8 Å². The molecule has 9 heteroatoms. The smallest absolute Gasteiger partial charge is 0.332 e. The monoisotopic (exact) mass is 405 g/mol. The maximum absolute atomic E-state index is 11.6. The van der Waals surface area contributed by atoms with Gasteiger partial charge >= 0.3 is 5.97 Å². The van der Waals surface area contributed by atoms with Crippen LogP contribution in [0.5, 0.6) is 11.5 Å². The highest BCUT2D eigenvalue weighted by atomic mass is 32.2. The highest BCUT2D eigenvalue weighted by molar-refractivity contribution is 7.90. The number of hydrogen-bond donors (Lipinski definition) is 0. The number of carbonyl (C=O) groups excluding carboxylic acids is 1. The molecule has 150 valence electrons. The second kappa shape index (κ2) is 9.41. The minimum atomic E-state index is -3.35. The summed E-state index contributed by atoms with van der Waals surface area (Å²) < 4.78 is 33.6. The molecule has 0 bridgehead atoms. The van der Waals surface area contributed by atoms with Gasteiger partial charge in [0, 0.05) is 6.26 Å². The van der Waals surface area contributed by atoms with E-state index in [1.54, 1.807) is 32.0 Å². The van der Waals surface area contributed by atoms with Crippen LogP contribution < -0.4 is 4.74 Å². The molecule has 1 heterocycles. The number of benzene rings is 1. The summed E-state index contributed by atoms with van der Waals surface area (Å²) in [7, 11) is -3.35. The highest BCUT2D eigenvalue weighted by Crippen LogP contribution is 2.29. The van der Waals surface area contributed by atoms with Crippen molar-refractivity contribution in [3.05, 3.63) is 42.1 Å². The normalized spacial score (nSPS) is 12.7. The third kappa shape index (κ3) is 5.85. The summed E-state index contributed by atoms with van der Waals surface area (Å²) in [5, 5.41) is 8.15. The molecule has 0 saturated heterocycles. The molecule has 0 amide bonds. The van der Waals surface area contributed by atoms with Gasteiger partial charge in [0.25, 0.3) is 0 Å². The van der Waals surface area contributed by atoms with E-state index in [2.05, 4.69) is 15.2 Å². The summed E-state index contributed by atoms with van der Waals surface area (Å²) in [6.07, 6.45) is 3.14. The molecule has 0 spiro atoms. The highest BCUT2D eigenvalue weighted by Gasteiger charge is 2.13. The van der Waals surface area contributed by atoms with Gasteiger partial charge in [0.2, 0.25) is 0 Å². The summed E-state index contributed by atoms with van der Waals surface area (Å²) in [4.78, 5) is 15.5. The third-order valence-corrected chi connectivity index (χ3v) is 4.72. The first-order valence-corrected chi connectivity index (χ1v) is 10.7. The maximum Gasteiger partial charge on any atom is 0.332 e. The van der Waals surface area contributed by atoms with Gasteiger partial charge in [-0.3, -0.25) is 0 Å². The minimum absolute atomic E-state index is 0.0134. The fraction of sp³-hybridized carbons (Fsp3) is 0.368. The Bertz CT molecular complexity index is 956. The Balaban J connectivity index is 2.15. The van der Waals surface area contributed by atoms with Crippen LogP contribution in [-0.4, -0.2) is 38.3 Å². The SMILES string of the molecule is CCOC(=O)C(C)N=Nc1ccc(Oc2ccc(S(C)(=O)=O)nc2)cc1CC. The van der Waals surface area contributed by atoms with Crippen LogP contribution in [0.4, 0.5) is 5.69 Å². The maximum atomic E-state index is 11.6. The van der Waals surface area contributed by atoms with Crippen LogP contribution in [-0.2, 0) is 25.8 Å². The Kier molecular flexibility index (Phi) is 7.22. The first-order chi connectivity index (χ1) is 13.2. The standard InChI is InChI=1S/C19H23N3O5S/c1-5-14-11-15(27-16-8-10-18(20-12-16)28(4,24)25)7-9-17(14)22-21-13(3)19(23)26-6-2/h7-13H,5-6H2,1-4H3. The van der Waals surface area contributed by atoms with Gasteiger partial charge in [0.15, 0.2) is 20.9 Å². The van der Waals surface area contributed by atoms with E-state index in [1.807, 2.05) is 13.0 Å². The molecule has 28 heavy (non-hydrogen) atoms. The van der Waals surface area contributed by atoms with Gasteiger partial charge in [-0.05, 0) is 56.2 Å². The van der Waals surface area contributed by atoms with Gasteiger partial charge in [-0.1, -0.05) is 6.92 Å². The predicted octanol–water partition coefficient (Wildman–Crippen LogP) is 3.88. The molecule has 0 N–H and O–H groups in total. The molecular formula is C19H23N3O5S. The molecule has 0 radical (unpaired) electrons. The summed E-state index contributed by atoms with van der Waals surface area (Å²) in [6, 6.07) is 7.53. The molecule has 0 fully saturated rings. The van der Waals surface area contributed by atoms with E-state index in [4.69, 9.17) is 9.47 Å². The molecule has 2 rings (SSSR count). The van der Waals surface area contributed by atoms with E-state index in [0.29, 0.717) is 30.2 Å². The van der Waals surface area contributed by atoms with Crippen LogP contribution in [0.3, 0.4) is 0 Å².